The molecule has 2 aromatic rings. The van der Waals surface area contributed by atoms with Crippen molar-refractivity contribution in [2.75, 3.05) is 20.3 Å². The Morgan fingerprint density at radius 2 is 2.27 bits per heavy atom. The molecule has 0 aliphatic carbocycles. The lowest BCUT2D eigenvalue weighted by Crippen LogP contribution is -2.40. The zero-order valence-corrected chi connectivity index (χ0v) is 13.1. The van der Waals surface area contributed by atoms with Crippen LogP contribution in [0, 0.1) is 6.92 Å². The molecule has 0 unspecified atom stereocenters. The fourth-order valence-electron chi connectivity index (χ4n) is 3.08. The van der Waals surface area contributed by atoms with E-state index in [0.29, 0.717) is 25.4 Å². The third kappa shape index (κ3) is 2.62. The molecule has 0 aromatic carbocycles. The van der Waals surface area contributed by atoms with E-state index in [0.717, 1.165) is 17.0 Å². The van der Waals surface area contributed by atoms with Gasteiger partial charge in [0.05, 0.1) is 18.5 Å². The largest absolute Gasteiger partial charge is 0.384 e. The topological polar surface area (TPSA) is 60.2 Å². The first-order valence-corrected chi connectivity index (χ1v) is 7.32. The highest BCUT2D eigenvalue weighted by Crippen LogP contribution is 2.28. The van der Waals surface area contributed by atoms with Gasteiger partial charge in [0.1, 0.15) is 5.69 Å². The Hall–Kier alpha value is -2.21. The SMILES string of the molecule is COC[C@@H]1CN(C(=O)c2cccc(C)n2)Cc2cnn(C)c21. The Kier molecular flexibility index (Phi) is 3.94. The Balaban J connectivity index is 1.89. The average Bonchev–Trinajstić information content (AvgIpc) is 2.88. The van der Waals surface area contributed by atoms with Crippen molar-refractivity contribution in [1.29, 1.82) is 0 Å². The zero-order valence-electron chi connectivity index (χ0n) is 13.1. The van der Waals surface area contributed by atoms with Crippen LogP contribution in [0.1, 0.15) is 33.4 Å². The van der Waals surface area contributed by atoms with Crippen molar-refractivity contribution in [3.05, 3.63) is 47.0 Å². The number of pyridine rings is 1. The molecule has 1 aliphatic heterocycles. The van der Waals surface area contributed by atoms with E-state index in [1.54, 1.807) is 13.2 Å². The maximum absolute atomic E-state index is 12.7. The minimum atomic E-state index is -0.0423. The fourth-order valence-corrected chi connectivity index (χ4v) is 3.08. The Labute approximate surface area is 129 Å². The number of rotatable bonds is 3. The molecular formula is C16H20N4O2. The number of nitrogens with zero attached hydrogens (tertiary/aromatic N) is 4. The van der Waals surface area contributed by atoms with Crippen molar-refractivity contribution < 1.29 is 9.53 Å². The summed E-state index contributed by atoms with van der Waals surface area (Å²) in [5.74, 6) is 0.0920. The van der Waals surface area contributed by atoms with Gasteiger partial charge in [0, 0.05) is 44.4 Å². The van der Waals surface area contributed by atoms with E-state index in [1.165, 1.54) is 0 Å². The molecule has 0 saturated carbocycles. The molecule has 0 bridgehead atoms. The first-order valence-electron chi connectivity index (χ1n) is 7.32. The number of amides is 1. The van der Waals surface area contributed by atoms with Gasteiger partial charge in [-0.2, -0.15) is 5.10 Å². The smallest absolute Gasteiger partial charge is 0.272 e. The van der Waals surface area contributed by atoms with Crippen LogP contribution in [0.25, 0.3) is 0 Å². The van der Waals surface area contributed by atoms with E-state index in [1.807, 2.05) is 41.9 Å². The number of aromatic nitrogens is 3. The average molecular weight is 300 g/mol. The fraction of sp³-hybridized carbons (Fsp3) is 0.438. The van der Waals surface area contributed by atoms with E-state index >= 15 is 0 Å². The van der Waals surface area contributed by atoms with Crippen LogP contribution in [0.4, 0.5) is 0 Å². The van der Waals surface area contributed by atoms with Gasteiger partial charge in [0.2, 0.25) is 0 Å². The summed E-state index contributed by atoms with van der Waals surface area (Å²) in [5, 5.41) is 4.32. The lowest BCUT2D eigenvalue weighted by Gasteiger charge is -2.32. The first-order chi connectivity index (χ1) is 10.6. The molecule has 0 saturated heterocycles. The van der Waals surface area contributed by atoms with Crippen LogP contribution >= 0.6 is 0 Å². The molecule has 22 heavy (non-hydrogen) atoms. The highest BCUT2D eigenvalue weighted by molar-refractivity contribution is 5.92. The van der Waals surface area contributed by atoms with Crippen LogP contribution in [0.2, 0.25) is 0 Å². The third-order valence-corrected chi connectivity index (χ3v) is 4.02. The number of fused-ring (bicyclic) bond motifs is 1. The second-order valence-corrected chi connectivity index (χ2v) is 5.68. The first kappa shape index (κ1) is 14.7. The van der Waals surface area contributed by atoms with Crippen molar-refractivity contribution in [2.24, 2.45) is 7.05 Å². The highest BCUT2D eigenvalue weighted by atomic mass is 16.5. The number of carbonyl (C=O) groups excluding carboxylic acids is 1. The van der Waals surface area contributed by atoms with Gasteiger partial charge in [0.15, 0.2) is 0 Å². The summed E-state index contributed by atoms with van der Waals surface area (Å²) in [7, 11) is 3.61. The molecule has 3 rings (SSSR count). The number of ether oxygens (including phenoxy) is 1. The number of hydrogen-bond acceptors (Lipinski definition) is 4. The van der Waals surface area contributed by atoms with Crippen molar-refractivity contribution in [2.45, 2.75) is 19.4 Å². The third-order valence-electron chi connectivity index (χ3n) is 4.02. The van der Waals surface area contributed by atoms with Crippen LogP contribution in [0.15, 0.2) is 24.4 Å². The van der Waals surface area contributed by atoms with Crippen LogP contribution in [-0.4, -0.2) is 45.8 Å². The van der Waals surface area contributed by atoms with E-state index in [2.05, 4.69) is 10.1 Å². The van der Waals surface area contributed by atoms with E-state index in [4.69, 9.17) is 4.74 Å². The molecule has 1 aliphatic rings. The standard InChI is InChI=1S/C16H20N4O2/c1-11-5-4-6-14(18-11)16(21)20-8-12-7-17-19(2)15(12)13(9-20)10-22-3/h4-7,13H,8-10H2,1-3H3/t13-/m0/s1. The van der Waals surface area contributed by atoms with E-state index < -0.39 is 0 Å². The summed E-state index contributed by atoms with van der Waals surface area (Å²) in [6.45, 7) is 3.64. The number of aryl methyl sites for hydroxylation is 2. The van der Waals surface area contributed by atoms with Gasteiger partial charge in [-0.1, -0.05) is 6.07 Å². The quantitative estimate of drug-likeness (QED) is 0.862. The number of carbonyl (C=O) groups is 1. The molecule has 0 spiro atoms. The maximum Gasteiger partial charge on any atom is 0.272 e. The maximum atomic E-state index is 12.7. The van der Waals surface area contributed by atoms with Gasteiger partial charge < -0.3 is 9.64 Å². The van der Waals surface area contributed by atoms with Crippen molar-refractivity contribution in [3.63, 3.8) is 0 Å². The van der Waals surface area contributed by atoms with E-state index in [-0.39, 0.29) is 11.8 Å². The molecule has 1 atom stereocenters. The molecule has 1 amide bonds. The van der Waals surface area contributed by atoms with Crippen LogP contribution in [0.3, 0.4) is 0 Å². The highest BCUT2D eigenvalue weighted by Gasteiger charge is 2.31. The van der Waals surface area contributed by atoms with Crippen LogP contribution in [0.5, 0.6) is 0 Å². The second-order valence-electron chi connectivity index (χ2n) is 5.68. The minimum Gasteiger partial charge on any atom is -0.384 e. The minimum absolute atomic E-state index is 0.0423. The van der Waals surface area contributed by atoms with Crippen molar-refractivity contribution >= 4 is 5.91 Å². The molecular weight excluding hydrogens is 280 g/mol. The zero-order chi connectivity index (χ0) is 15.7. The van der Waals surface area contributed by atoms with Gasteiger partial charge in [0.25, 0.3) is 5.91 Å². The molecule has 0 radical (unpaired) electrons. The Morgan fingerprint density at radius 1 is 1.45 bits per heavy atom. The number of methoxy groups -OCH3 is 1. The van der Waals surface area contributed by atoms with Crippen LogP contribution in [-0.2, 0) is 18.3 Å². The van der Waals surface area contributed by atoms with Gasteiger partial charge in [-0.3, -0.25) is 9.48 Å². The Morgan fingerprint density at radius 3 is 3.00 bits per heavy atom. The second kappa shape index (κ2) is 5.88. The van der Waals surface area contributed by atoms with Crippen molar-refractivity contribution in [3.8, 4) is 0 Å². The molecule has 6 heteroatoms. The predicted octanol–water partition coefficient (Wildman–Crippen LogP) is 1.51. The molecule has 6 nitrogen and oxygen atoms in total. The molecule has 0 fully saturated rings. The molecule has 2 aromatic heterocycles. The predicted molar refractivity (Wildman–Crippen MR) is 81.5 cm³/mol. The molecule has 3 heterocycles. The summed E-state index contributed by atoms with van der Waals surface area (Å²) in [6.07, 6.45) is 1.83. The lowest BCUT2D eigenvalue weighted by atomic mass is 9.96. The van der Waals surface area contributed by atoms with Gasteiger partial charge in [-0.15, -0.1) is 0 Å². The summed E-state index contributed by atoms with van der Waals surface area (Å²) in [6, 6.07) is 5.51. The monoisotopic (exact) mass is 300 g/mol. The molecule has 116 valence electrons. The summed E-state index contributed by atoms with van der Waals surface area (Å²) >= 11 is 0. The number of hydrogen-bond donors (Lipinski definition) is 0. The summed E-state index contributed by atoms with van der Waals surface area (Å²) in [5.41, 5.74) is 3.57. The molecule has 0 N–H and O–H groups in total. The van der Waals surface area contributed by atoms with E-state index in [9.17, 15) is 4.79 Å². The summed E-state index contributed by atoms with van der Waals surface area (Å²) in [4.78, 5) is 18.9. The lowest BCUT2D eigenvalue weighted by molar-refractivity contribution is 0.0670. The van der Waals surface area contributed by atoms with Gasteiger partial charge in [-0.25, -0.2) is 4.98 Å². The van der Waals surface area contributed by atoms with Crippen LogP contribution < -0.4 is 0 Å². The summed E-state index contributed by atoms with van der Waals surface area (Å²) < 4.78 is 7.20. The van der Waals surface area contributed by atoms with Gasteiger partial charge >= 0.3 is 0 Å². The normalized spacial score (nSPS) is 17.4. The Bertz CT molecular complexity index is 695. The van der Waals surface area contributed by atoms with Gasteiger partial charge in [-0.05, 0) is 19.1 Å². The van der Waals surface area contributed by atoms with Crippen molar-refractivity contribution in [1.82, 2.24) is 19.7 Å².